The minimum absolute atomic E-state index is 0.147. The van der Waals surface area contributed by atoms with Gasteiger partial charge in [-0.25, -0.2) is 9.69 Å². The number of amides is 4. The molecule has 0 radical (unpaired) electrons. The number of urea groups is 1. The molecule has 38 heavy (non-hydrogen) atoms. The van der Waals surface area contributed by atoms with Crippen molar-refractivity contribution in [3.05, 3.63) is 89.8 Å². The summed E-state index contributed by atoms with van der Waals surface area (Å²) in [5.41, 5.74) is 1.12. The number of benzene rings is 3. The van der Waals surface area contributed by atoms with Gasteiger partial charge in [-0.1, -0.05) is 52.5 Å². The van der Waals surface area contributed by atoms with Gasteiger partial charge in [-0.05, 0) is 82.5 Å². The Bertz CT molecular complexity index is 1490. The normalized spacial score (nSPS) is 14.6. The smallest absolute Gasteiger partial charge is 0.335 e. The molecule has 196 valence electrons. The van der Waals surface area contributed by atoms with Gasteiger partial charge in [0.2, 0.25) is 0 Å². The second-order valence-corrected chi connectivity index (χ2v) is 10.3. The molecule has 1 heterocycles. The van der Waals surface area contributed by atoms with E-state index in [2.05, 4.69) is 21.2 Å². The summed E-state index contributed by atoms with van der Waals surface area (Å²) in [7, 11) is 0. The van der Waals surface area contributed by atoms with Crippen LogP contribution in [-0.2, 0) is 16.2 Å². The quantitative estimate of drug-likeness (QED) is 0.208. The van der Waals surface area contributed by atoms with Gasteiger partial charge >= 0.3 is 6.03 Å². The maximum atomic E-state index is 13.2. The zero-order chi connectivity index (χ0) is 27.6. The van der Waals surface area contributed by atoms with Crippen LogP contribution in [0.2, 0.25) is 20.1 Å². The van der Waals surface area contributed by atoms with E-state index in [0.717, 1.165) is 10.5 Å². The predicted molar refractivity (Wildman–Crippen MR) is 152 cm³/mol. The Morgan fingerprint density at radius 2 is 1.58 bits per heavy atom. The van der Waals surface area contributed by atoms with Gasteiger partial charge in [0.1, 0.15) is 12.2 Å². The highest BCUT2D eigenvalue weighted by molar-refractivity contribution is 9.10. The minimum atomic E-state index is -0.905. The molecule has 7 nitrogen and oxygen atoms in total. The number of nitrogens with one attached hydrogen (secondary N) is 1. The molecule has 1 saturated heterocycles. The summed E-state index contributed by atoms with van der Waals surface area (Å²) in [6.45, 7) is 2.31. The van der Waals surface area contributed by atoms with Gasteiger partial charge in [0.15, 0.2) is 11.5 Å². The van der Waals surface area contributed by atoms with E-state index in [1.165, 1.54) is 24.3 Å². The molecule has 3 aromatic rings. The Kier molecular flexibility index (Phi) is 8.90. The summed E-state index contributed by atoms with van der Waals surface area (Å²) >= 11 is 27.6. The van der Waals surface area contributed by atoms with Crippen molar-refractivity contribution in [2.45, 2.75) is 13.5 Å². The molecule has 0 spiro atoms. The fraction of sp³-hybridized carbons (Fsp3) is 0.115. The van der Waals surface area contributed by atoms with E-state index in [9.17, 15) is 14.4 Å². The maximum absolute atomic E-state index is 13.2. The first-order chi connectivity index (χ1) is 18.1. The number of anilines is 1. The molecule has 0 bridgehead atoms. The van der Waals surface area contributed by atoms with Crippen LogP contribution in [0.15, 0.2) is 58.6 Å². The number of halogens is 5. The standard InChI is InChI=1S/C26H17BrCl4N2O5/c1-2-37-22-10-14(8-17(27)23(22)38-12-13-3-5-18(28)20(30)9-13)7-16-24(34)32-26(36)33(25(16)35)15-4-6-19(29)21(31)11-15/h3-11H,2,12H2,1H3,(H,32,34,36)/b16-7+. The number of barbiturate groups is 1. The maximum Gasteiger partial charge on any atom is 0.335 e. The summed E-state index contributed by atoms with van der Waals surface area (Å²) in [6, 6.07) is 11.8. The van der Waals surface area contributed by atoms with E-state index < -0.39 is 17.8 Å². The summed E-state index contributed by atoms with van der Waals surface area (Å²) in [5.74, 6) is -0.890. The lowest BCUT2D eigenvalue weighted by molar-refractivity contribution is -0.122. The van der Waals surface area contributed by atoms with Crippen molar-refractivity contribution in [2.24, 2.45) is 0 Å². The highest BCUT2D eigenvalue weighted by Crippen LogP contribution is 2.39. The number of carbonyl (C=O) groups excluding carboxylic acids is 3. The highest BCUT2D eigenvalue weighted by atomic mass is 79.9. The van der Waals surface area contributed by atoms with Gasteiger partial charge in [-0.15, -0.1) is 0 Å². The topological polar surface area (TPSA) is 84.9 Å². The van der Waals surface area contributed by atoms with Crippen molar-refractivity contribution < 1.29 is 23.9 Å². The lowest BCUT2D eigenvalue weighted by Gasteiger charge is -2.26. The van der Waals surface area contributed by atoms with Crippen LogP contribution in [-0.4, -0.2) is 24.5 Å². The number of rotatable bonds is 7. The number of nitrogens with zero attached hydrogens (tertiary/aromatic N) is 1. The van der Waals surface area contributed by atoms with Crippen LogP contribution in [0.3, 0.4) is 0 Å². The van der Waals surface area contributed by atoms with Crippen LogP contribution < -0.4 is 19.7 Å². The van der Waals surface area contributed by atoms with Crippen molar-refractivity contribution in [1.82, 2.24) is 5.32 Å². The van der Waals surface area contributed by atoms with E-state index in [-0.39, 0.29) is 27.9 Å². The van der Waals surface area contributed by atoms with Gasteiger partial charge < -0.3 is 9.47 Å². The molecule has 0 saturated carbocycles. The first-order valence-electron chi connectivity index (χ1n) is 11.0. The molecule has 1 aliphatic heterocycles. The molecule has 0 aromatic heterocycles. The second-order valence-electron chi connectivity index (χ2n) is 7.86. The fourth-order valence-corrected chi connectivity index (χ4v) is 4.73. The van der Waals surface area contributed by atoms with Crippen molar-refractivity contribution in [3.63, 3.8) is 0 Å². The van der Waals surface area contributed by atoms with Crippen LogP contribution in [0.4, 0.5) is 10.5 Å². The monoisotopic (exact) mass is 656 g/mol. The van der Waals surface area contributed by atoms with Crippen LogP contribution in [0.25, 0.3) is 6.08 Å². The lowest BCUT2D eigenvalue weighted by atomic mass is 10.1. The molecule has 1 N–H and O–H groups in total. The number of ether oxygens (including phenoxy) is 2. The lowest BCUT2D eigenvalue weighted by Crippen LogP contribution is -2.54. The van der Waals surface area contributed by atoms with E-state index in [1.807, 2.05) is 0 Å². The molecule has 3 aromatic carbocycles. The molecule has 12 heteroatoms. The molecule has 0 unspecified atom stereocenters. The molecular weight excluding hydrogens is 642 g/mol. The Morgan fingerprint density at radius 1 is 0.895 bits per heavy atom. The first kappa shape index (κ1) is 28.3. The number of hydrogen-bond acceptors (Lipinski definition) is 5. The Balaban J connectivity index is 1.66. The summed E-state index contributed by atoms with van der Waals surface area (Å²) in [4.78, 5) is 39.1. The Labute approximate surface area is 246 Å². The number of imide groups is 2. The van der Waals surface area contributed by atoms with Gasteiger partial charge in [0, 0.05) is 0 Å². The molecule has 1 aliphatic rings. The molecule has 1 fully saturated rings. The van der Waals surface area contributed by atoms with Crippen molar-refractivity contribution >= 4 is 91.9 Å². The van der Waals surface area contributed by atoms with Gasteiger partial charge in [0.05, 0.1) is 36.9 Å². The molecule has 0 atom stereocenters. The number of carbonyl (C=O) groups is 3. The second kappa shape index (κ2) is 12.0. The summed E-state index contributed by atoms with van der Waals surface area (Å²) in [6.07, 6.45) is 1.35. The first-order valence-corrected chi connectivity index (χ1v) is 13.3. The van der Waals surface area contributed by atoms with Gasteiger partial charge in [0.25, 0.3) is 11.8 Å². The van der Waals surface area contributed by atoms with Crippen LogP contribution in [0.1, 0.15) is 18.1 Å². The zero-order valence-corrected chi connectivity index (χ0v) is 24.1. The largest absolute Gasteiger partial charge is 0.490 e. The Morgan fingerprint density at radius 3 is 2.24 bits per heavy atom. The average molecular weight is 659 g/mol. The third-order valence-corrected chi connectivity index (χ3v) is 7.34. The molecule has 4 rings (SSSR count). The predicted octanol–water partition coefficient (Wildman–Crippen LogP) is 7.71. The van der Waals surface area contributed by atoms with Gasteiger partial charge in [-0.2, -0.15) is 0 Å². The fourth-order valence-electron chi connectivity index (χ4n) is 3.54. The van der Waals surface area contributed by atoms with E-state index in [1.54, 1.807) is 37.3 Å². The summed E-state index contributed by atoms with van der Waals surface area (Å²) < 4.78 is 12.2. The molecule has 4 amide bonds. The van der Waals surface area contributed by atoms with E-state index in [0.29, 0.717) is 38.2 Å². The minimum Gasteiger partial charge on any atom is -0.490 e. The third-order valence-electron chi connectivity index (χ3n) is 5.27. The number of hydrogen-bond donors (Lipinski definition) is 1. The molecule has 0 aliphatic carbocycles. The van der Waals surface area contributed by atoms with Crippen molar-refractivity contribution in [3.8, 4) is 11.5 Å². The summed E-state index contributed by atoms with van der Waals surface area (Å²) in [5, 5.41) is 3.41. The van der Waals surface area contributed by atoms with Crippen molar-refractivity contribution in [2.75, 3.05) is 11.5 Å². The highest BCUT2D eigenvalue weighted by Gasteiger charge is 2.37. The van der Waals surface area contributed by atoms with E-state index >= 15 is 0 Å². The van der Waals surface area contributed by atoms with Crippen LogP contribution >= 0.6 is 62.3 Å². The van der Waals surface area contributed by atoms with Crippen molar-refractivity contribution in [1.29, 1.82) is 0 Å². The van der Waals surface area contributed by atoms with Gasteiger partial charge in [-0.3, -0.25) is 14.9 Å². The SMILES string of the molecule is CCOc1cc(/C=C2\C(=O)NC(=O)N(c3ccc(Cl)c(Cl)c3)C2=O)cc(Br)c1OCc1ccc(Cl)c(Cl)c1. The average Bonchev–Trinajstić information content (AvgIpc) is 2.85. The molecular formula is C26H17BrCl4N2O5. The van der Waals surface area contributed by atoms with Crippen LogP contribution in [0, 0.1) is 0 Å². The zero-order valence-electron chi connectivity index (χ0n) is 19.5. The van der Waals surface area contributed by atoms with Crippen LogP contribution in [0.5, 0.6) is 11.5 Å². The third kappa shape index (κ3) is 6.11. The Hall–Kier alpha value is -2.75. The van der Waals surface area contributed by atoms with E-state index in [4.69, 9.17) is 55.9 Å².